The third kappa shape index (κ3) is 17.0. The molecule has 0 aliphatic carbocycles. The Labute approximate surface area is 178 Å². The maximum absolute atomic E-state index is 11.2. The largest absolute Gasteiger partial charge is 0.464 e. The highest BCUT2D eigenvalue weighted by molar-refractivity contribution is 5.74. The zero-order chi connectivity index (χ0) is 22.1. The minimum absolute atomic E-state index is 0.264. The average molecular weight is 407 g/mol. The van der Waals surface area contributed by atoms with E-state index in [1.165, 1.54) is 22.3 Å². The third-order valence-electron chi connectivity index (χ3n) is 4.68. The number of carbonyl (C=O) groups is 1. The van der Waals surface area contributed by atoms with E-state index in [0.29, 0.717) is 0 Å². The van der Waals surface area contributed by atoms with Crippen molar-refractivity contribution < 1.29 is 19.7 Å². The smallest absolute Gasteiger partial charge is 0.337 e. The molecule has 0 heterocycles. The molecule has 0 aromatic heterocycles. The molecule has 1 atom stereocenters. The van der Waals surface area contributed by atoms with Crippen LogP contribution < -0.4 is 0 Å². The second kappa shape index (κ2) is 17.2. The van der Waals surface area contributed by atoms with E-state index in [0.717, 1.165) is 51.4 Å². The molecule has 0 aliphatic rings. The molecule has 0 aliphatic heterocycles. The molecular formula is C25H42O4. The first-order chi connectivity index (χ1) is 13.8. The Morgan fingerprint density at radius 1 is 0.793 bits per heavy atom. The number of carbonyl (C=O) groups excluding carboxylic acids is 1. The minimum atomic E-state index is -1.43. The quantitative estimate of drug-likeness (QED) is 0.205. The van der Waals surface area contributed by atoms with Gasteiger partial charge < -0.3 is 14.9 Å². The lowest BCUT2D eigenvalue weighted by Gasteiger charge is -2.07. The minimum Gasteiger partial charge on any atom is -0.464 e. The van der Waals surface area contributed by atoms with Gasteiger partial charge in [0.25, 0.3) is 0 Å². The van der Waals surface area contributed by atoms with Gasteiger partial charge in [-0.25, -0.2) is 4.79 Å². The van der Waals surface area contributed by atoms with Gasteiger partial charge in [0.05, 0.1) is 13.2 Å². The summed E-state index contributed by atoms with van der Waals surface area (Å²) < 4.78 is 4.88. The molecular weight excluding hydrogens is 364 g/mol. The summed E-state index contributed by atoms with van der Waals surface area (Å²) in [5.41, 5.74) is 5.65. The fourth-order valence-electron chi connectivity index (χ4n) is 2.76. The molecule has 0 aromatic rings. The van der Waals surface area contributed by atoms with Crippen LogP contribution in [0.4, 0.5) is 0 Å². The zero-order valence-electron chi connectivity index (χ0n) is 19.2. The van der Waals surface area contributed by atoms with Gasteiger partial charge >= 0.3 is 5.97 Å². The lowest BCUT2D eigenvalue weighted by molar-refractivity contribution is -0.155. The second-order valence-electron chi connectivity index (χ2n) is 8.06. The standard InChI is InChI=1S/C25H42O4/c1-20(2)11-8-13-22(4)15-10-17-23(5)16-9-14-21(3)12-6-7-18-29-25(28)24(27)19-26/h11-12,15-16,24,26-27H,6-10,13-14,17-19H2,1-5H3/b21-12+,22-15+,23-16+. The molecule has 0 radical (unpaired) electrons. The maximum atomic E-state index is 11.2. The Morgan fingerprint density at radius 2 is 1.24 bits per heavy atom. The zero-order valence-corrected chi connectivity index (χ0v) is 19.2. The number of hydrogen-bond acceptors (Lipinski definition) is 4. The normalized spacial score (nSPS) is 14.0. The molecule has 4 nitrogen and oxygen atoms in total. The first kappa shape index (κ1) is 27.4. The van der Waals surface area contributed by atoms with Gasteiger partial charge in [-0.2, -0.15) is 0 Å². The van der Waals surface area contributed by atoms with Crippen molar-refractivity contribution in [3.05, 3.63) is 46.6 Å². The number of hydrogen-bond donors (Lipinski definition) is 2. The van der Waals surface area contributed by atoms with E-state index in [1.807, 2.05) is 0 Å². The van der Waals surface area contributed by atoms with Crippen LogP contribution in [0.3, 0.4) is 0 Å². The van der Waals surface area contributed by atoms with Crippen LogP contribution in [0.15, 0.2) is 46.6 Å². The van der Waals surface area contributed by atoms with Gasteiger partial charge in [-0.15, -0.1) is 0 Å². The summed E-state index contributed by atoms with van der Waals surface area (Å²) >= 11 is 0. The topological polar surface area (TPSA) is 66.8 Å². The Balaban J connectivity index is 3.95. The third-order valence-corrected chi connectivity index (χ3v) is 4.68. The van der Waals surface area contributed by atoms with Crippen molar-refractivity contribution in [3.63, 3.8) is 0 Å². The molecule has 29 heavy (non-hydrogen) atoms. The van der Waals surface area contributed by atoms with Gasteiger partial charge in [-0.1, -0.05) is 46.6 Å². The second-order valence-corrected chi connectivity index (χ2v) is 8.06. The summed E-state index contributed by atoms with van der Waals surface area (Å²) in [5, 5.41) is 17.8. The summed E-state index contributed by atoms with van der Waals surface area (Å²) in [6, 6.07) is 0. The van der Waals surface area contributed by atoms with Gasteiger partial charge in [0.15, 0.2) is 6.10 Å². The van der Waals surface area contributed by atoms with Crippen LogP contribution in [-0.4, -0.2) is 35.5 Å². The van der Waals surface area contributed by atoms with Crippen LogP contribution in [0.5, 0.6) is 0 Å². The van der Waals surface area contributed by atoms with Gasteiger partial charge in [0, 0.05) is 0 Å². The lowest BCUT2D eigenvalue weighted by atomic mass is 10.0. The number of rotatable bonds is 15. The van der Waals surface area contributed by atoms with Crippen LogP contribution in [0.25, 0.3) is 0 Å². The molecule has 0 spiro atoms. The Bertz CT molecular complexity index is 578. The van der Waals surface area contributed by atoms with Crippen LogP contribution in [0, 0.1) is 0 Å². The van der Waals surface area contributed by atoms with E-state index in [-0.39, 0.29) is 6.61 Å². The van der Waals surface area contributed by atoms with E-state index < -0.39 is 18.7 Å². The molecule has 0 saturated heterocycles. The highest BCUT2D eigenvalue weighted by Crippen LogP contribution is 2.14. The van der Waals surface area contributed by atoms with E-state index in [1.54, 1.807) is 0 Å². The molecule has 0 rings (SSSR count). The summed E-state index contributed by atoms with van der Waals surface area (Å²) in [4.78, 5) is 11.2. The van der Waals surface area contributed by atoms with Gasteiger partial charge in [0.2, 0.25) is 0 Å². The number of unbranched alkanes of at least 4 members (excludes halogenated alkanes) is 1. The van der Waals surface area contributed by atoms with Crippen molar-refractivity contribution in [1.29, 1.82) is 0 Å². The first-order valence-electron chi connectivity index (χ1n) is 10.8. The monoisotopic (exact) mass is 406 g/mol. The summed E-state index contributed by atoms with van der Waals surface area (Å²) in [6.07, 6.45) is 15.9. The molecule has 0 fully saturated rings. The van der Waals surface area contributed by atoms with Crippen LogP contribution >= 0.6 is 0 Å². The Morgan fingerprint density at radius 3 is 1.69 bits per heavy atom. The maximum Gasteiger partial charge on any atom is 0.337 e. The number of aliphatic hydroxyl groups is 2. The van der Waals surface area contributed by atoms with Crippen LogP contribution in [0.1, 0.15) is 86.0 Å². The number of ether oxygens (including phenoxy) is 1. The molecule has 0 bridgehead atoms. The van der Waals surface area contributed by atoms with E-state index in [2.05, 4.69) is 58.9 Å². The van der Waals surface area contributed by atoms with Crippen molar-refractivity contribution in [2.75, 3.05) is 13.2 Å². The molecule has 0 aromatic carbocycles. The van der Waals surface area contributed by atoms with E-state index >= 15 is 0 Å². The average Bonchev–Trinajstić information content (AvgIpc) is 2.66. The Kier molecular flexibility index (Phi) is 16.2. The van der Waals surface area contributed by atoms with Crippen molar-refractivity contribution in [3.8, 4) is 0 Å². The van der Waals surface area contributed by atoms with Crippen molar-refractivity contribution >= 4 is 5.97 Å². The summed E-state index contributed by atoms with van der Waals surface area (Å²) in [5.74, 6) is -0.758. The molecule has 4 heteroatoms. The number of aliphatic hydroxyl groups excluding tert-OH is 2. The molecule has 1 unspecified atom stereocenters. The number of esters is 1. The first-order valence-corrected chi connectivity index (χ1v) is 10.8. The summed E-state index contributed by atoms with van der Waals surface area (Å²) in [6.45, 7) is 10.5. The van der Waals surface area contributed by atoms with Gasteiger partial charge in [-0.05, 0) is 86.0 Å². The number of allylic oxidation sites excluding steroid dienone is 8. The molecule has 2 N–H and O–H groups in total. The van der Waals surface area contributed by atoms with E-state index in [4.69, 9.17) is 14.9 Å². The molecule has 0 saturated carbocycles. The summed E-state index contributed by atoms with van der Waals surface area (Å²) in [7, 11) is 0. The van der Waals surface area contributed by atoms with Crippen molar-refractivity contribution in [1.82, 2.24) is 0 Å². The fourth-order valence-corrected chi connectivity index (χ4v) is 2.76. The highest BCUT2D eigenvalue weighted by Gasteiger charge is 2.14. The predicted molar refractivity (Wildman–Crippen MR) is 122 cm³/mol. The predicted octanol–water partition coefficient (Wildman–Crippen LogP) is 5.81. The van der Waals surface area contributed by atoms with Crippen molar-refractivity contribution in [2.45, 2.75) is 92.1 Å². The van der Waals surface area contributed by atoms with Crippen molar-refractivity contribution in [2.24, 2.45) is 0 Å². The van der Waals surface area contributed by atoms with Crippen LogP contribution in [-0.2, 0) is 9.53 Å². The van der Waals surface area contributed by atoms with Gasteiger partial charge in [-0.3, -0.25) is 0 Å². The van der Waals surface area contributed by atoms with Gasteiger partial charge in [0.1, 0.15) is 0 Å². The van der Waals surface area contributed by atoms with E-state index in [9.17, 15) is 4.79 Å². The lowest BCUT2D eigenvalue weighted by Crippen LogP contribution is -2.26. The molecule has 0 amide bonds. The highest BCUT2D eigenvalue weighted by atomic mass is 16.5. The molecule has 166 valence electrons. The Hall–Kier alpha value is -1.65. The fraction of sp³-hybridized carbons (Fsp3) is 0.640. The van der Waals surface area contributed by atoms with Crippen LogP contribution in [0.2, 0.25) is 0 Å². The SMILES string of the molecule is CC(C)=CCC/C(C)=C/CC/C(C)=C/CC/C(C)=C/CCCOC(=O)C(O)CO.